The van der Waals surface area contributed by atoms with Crippen LogP contribution in [0.5, 0.6) is 5.75 Å². The summed E-state index contributed by atoms with van der Waals surface area (Å²) in [6, 6.07) is 5.06. The van der Waals surface area contributed by atoms with Gasteiger partial charge in [-0.1, -0.05) is 11.6 Å². The number of halogens is 3. The molecule has 0 aliphatic rings. The van der Waals surface area contributed by atoms with Crippen molar-refractivity contribution in [2.75, 3.05) is 0 Å². The Morgan fingerprint density at radius 2 is 1.90 bits per heavy atom. The molecular weight excluding hydrogens is 530 g/mol. The summed E-state index contributed by atoms with van der Waals surface area (Å²) in [6.45, 7) is 5.37. The van der Waals surface area contributed by atoms with Crippen molar-refractivity contribution in [3.05, 3.63) is 92.6 Å². The Morgan fingerprint density at radius 1 is 1.15 bits per heavy atom. The third-order valence-electron chi connectivity index (χ3n) is 5.65. The highest BCUT2D eigenvalue weighted by molar-refractivity contribution is 6.31. The van der Waals surface area contributed by atoms with Crippen molar-refractivity contribution < 1.29 is 21.1 Å². The molecule has 1 amide bonds. The molecule has 0 atom stereocenters. The molecule has 0 unspecified atom stereocenters. The summed E-state index contributed by atoms with van der Waals surface area (Å²) in [5, 5.41) is 2.32. The molecule has 1 N–H and O–H groups in total. The van der Waals surface area contributed by atoms with E-state index in [1.54, 1.807) is 46.0 Å². The molecule has 4 aromatic rings. The second-order valence-electron chi connectivity index (χ2n) is 9.22. The van der Waals surface area contributed by atoms with Crippen molar-refractivity contribution >= 4 is 17.5 Å². The second kappa shape index (κ2) is 10.9. The van der Waals surface area contributed by atoms with Gasteiger partial charge in [0.05, 0.1) is 31.6 Å². The predicted octanol–water partition coefficient (Wildman–Crippen LogP) is 4.58. The number of amides is 1. The lowest BCUT2D eigenvalue weighted by Gasteiger charge is -2.24. The van der Waals surface area contributed by atoms with Crippen LogP contribution in [-0.2, 0) is 16.9 Å². The van der Waals surface area contributed by atoms with Crippen molar-refractivity contribution in [3.63, 3.8) is 0 Å². The first-order chi connectivity index (χ1) is 19.1. The van der Waals surface area contributed by atoms with E-state index < -0.39 is 40.0 Å². The number of carbonyl (C=O) groups is 1. The van der Waals surface area contributed by atoms with E-state index in [0.29, 0.717) is 46.4 Å². The highest BCUT2D eigenvalue weighted by Crippen LogP contribution is 2.27. The van der Waals surface area contributed by atoms with Crippen molar-refractivity contribution in [2.45, 2.75) is 46.7 Å². The van der Waals surface area contributed by atoms with Crippen LogP contribution in [0.25, 0.3) is 17.1 Å². The lowest BCUT2D eigenvalue weighted by atomic mass is 10.0. The van der Waals surface area contributed by atoms with E-state index in [0.717, 1.165) is 0 Å². The van der Waals surface area contributed by atoms with Crippen molar-refractivity contribution in [2.24, 2.45) is 0 Å². The minimum absolute atomic E-state index is 0.244. The number of pyridine rings is 3. The van der Waals surface area contributed by atoms with Gasteiger partial charge in [-0.05, 0) is 45.4 Å². The Bertz CT molecular complexity index is 1730. The first-order valence-corrected chi connectivity index (χ1v) is 12.0. The van der Waals surface area contributed by atoms with E-state index in [9.17, 15) is 18.4 Å². The van der Waals surface area contributed by atoms with E-state index in [1.165, 1.54) is 23.8 Å². The molecule has 0 aliphatic heterocycles. The molecule has 4 rings (SSSR count). The average Bonchev–Trinajstić information content (AvgIpc) is 2.87. The van der Waals surface area contributed by atoms with Crippen LogP contribution in [-0.4, -0.2) is 30.4 Å². The molecule has 0 aliphatic carbocycles. The van der Waals surface area contributed by atoms with Gasteiger partial charge < -0.3 is 10.1 Å². The maximum absolute atomic E-state index is 14.2. The van der Waals surface area contributed by atoms with Crippen LogP contribution in [0.4, 0.5) is 8.78 Å². The van der Waals surface area contributed by atoms with Crippen molar-refractivity contribution in [3.8, 4) is 22.8 Å². The molecule has 0 saturated carbocycles. The van der Waals surface area contributed by atoms with Gasteiger partial charge in [0.25, 0.3) is 5.56 Å². The van der Waals surface area contributed by atoms with Crippen LogP contribution in [0.2, 0.25) is 5.02 Å². The quantitative estimate of drug-likeness (QED) is 0.354. The summed E-state index contributed by atoms with van der Waals surface area (Å²) in [7, 11) is 0. The fourth-order valence-electron chi connectivity index (χ4n) is 3.84. The zero-order chi connectivity index (χ0) is 30.3. The number of hydrogen-bond donors (Lipinski definition) is 1. The molecule has 39 heavy (non-hydrogen) atoms. The first-order valence-electron chi connectivity index (χ1n) is 12.6. The zero-order valence-corrected chi connectivity index (χ0v) is 22.4. The van der Waals surface area contributed by atoms with Crippen LogP contribution >= 0.6 is 11.6 Å². The van der Waals surface area contributed by atoms with E-state index in [4.69, 9.17) is 19.1 Å². The Morgan fingerprint density at radius 3 is 2.59 bits per heavy atom. The molecular formula is C27H25ClF2N6O3. The molecule has 0 radical (unpaired) electrons. The molecule has 9 nitrogen and oxygen atoms in total. The van der Waals surface area contributed by atoms with Gasteiger partial charge in [0.15, 0.2) is 11.6 Å². The summed E-state index contributed by atoms with van der Waals surface area (Å²) in [6.07, 6.45) is 3.74. The average molecular weight is 557 g/mol. The smallest absolute Gasteiger partial charge is 0.277 e. The van der Waals surface area contributed by atoms with Gasteiger partial charge in [-0.15, -0.1) is 0 Å². The third kappa shape index (κ3) is 5.93. The van der Waals surface area contributed by atoms with Gasteiger partial charge in [0.2, 0.25) is 5.91 Å². The monoisotopic (exact) mass is 556 g/mol. The zero-order valence-electron chi connectivity index (χ0n) is 23.6. The molecule has 0 bridgehead atoms. The van der Waals surface area contributed by atoms with Gasteiger partial charge in [0.1, 0.15) is 28.8 Å². The number of aryl methyl sites for hydroxylation is 2. The molecule has 202 valence electrons. The fraction of sp³-hybridized carbons (Fsp3) is 0.259. The molecule has 12 heteroatoms. The standard InChI is InChI=1S/C27H25ClF2N6O3/c1-14-11-32-20(19-6-7-31-26(34-19)27(4,5)35-16(3)37)10-22(14)36-15(2)8-23(24(28)25(36)38)39-13-21-18(30)9-17(29)12-33-21/h6-12H,13H2,1-5H3,(H,35,37)/i13D2. The maximum Gasteiger partial charge on any atom is 0.277 e. The minimum Gasteiger partial charge on any atom is -0.485 e. The van der Waals surface area contributed by atoms with E-state index >= 15 is 0 Å². The number of hydrogen-bond acceptors (Lipinski definition) is 7. The summed E-state index contributed by atoms with van der Waals surface area (Å²) < 4.78 is 50.3. The Balaban J connectivity index is 1.75. The van der Waals surface area contributed by atoms with Gasteiger partial charge in [-0.25, -0.2) is 18.7 Å². The summed E-state index contributed by atoms with van der Waals surface area (Å²) in [5.41, 5.74) is -0.209. The number of rotatable bonds is 7. The largest absolute Gasteiger partial charge is 0.485 e. The number of nitrogens with one attached hydrogen (secondary N) is 1. The Labute approximate surface area is 230 Å². The molecule has 0 fully saturated rings. The second-order valence-corrected chi connectivity index (χ2v) is 9.60. The van der Waals surface area contributed by atoms with Gasteiger partial charge in [-0.2, -0.15) is 0 Å². The normalized spacial score (nSPS) is 12.5. The summed E-state index contributed by atoms with van der Waals surface area (Å²) in [4.78, 5) is 41.8. The Hall–Kier alpha value is -4.25. The number of aromatic nitrogens is 5. The van der Waals surface area contributed by atoms with Gasteiger partial charge >= 0.3 is 0 Å². The molecule has 4 aromatic heterocycles. The van der Waals surface area contributed by atoms with E-state index in [1.807, 2.05) is 0 Å². The maximum atomic E-state index is 14.2. The SMILES string of the molecule is [2H]C([2H])(Oc1cc(C)n(-c2cc(-c3ccnc(C(C)(C)NC(C)=O)n3)ncc2C)c(=O)c1Cl)c1ncc(F)cc1F. The van der Waals surface area contributed by atoms with Gasteiger partial charge in [-0.3, -0.25) is 24.1 Å². The van der Waals surface area contributed by atoms with E-state index in [-0.39, 0.29) is 11.7 Å². The predicted molar refractivity (Wildman–Crippen MR) is 141 cm³/mol. The lowest BCUT2D eigenvalue weighted by molar-refractivity contribution is -0.120. The molecule has 0 spiro atoms. The van der Waals surface area contributed by atoms with Crippen LogP contribution < -0.4 is 15.6 Å². The third-order valence-corrected chi connectivity index (χ3v) is 5.99. The van der Waals surface area contributed by atoms with Crippen molar-refractivity contribution in [1.29, 1.82) is 0 Å². The van der Waals surface area contributed by atoms with Crippen LogP contribution in [0.15, 0.2) is 47.7 Å². The summed E-state index contributed by atoms with van der Waals surface area (Å²) in [5.74, 6) is -2.49. The highest BCUT2D eigenvalue weighted by Gasteiger charge is 2.25. The van der Waals surface area contributed by atoms with Crippen LogP contribution in [0.3, 0.4) is 0 Å². The topological polar surface area (TPSA) is 112 Å². The van der Waals surface area contributed by atoms with Crippen LogP contribution in [0, 0.1) is 25.5 Å². The molecule has 0 saturated heterocycles. The van der Waals surface area contributed by atoms with Gasteiger partial charge in [0, 0.05) is 37.1 Å². The number of ether oxygens (including phenoxy) is 1. The molecule has 0 aromatic carbocycles. The summed E-state index contributed by atoms with van der Waals surface area (Å²) >= 11 is 6.33. The molecule has 4 heterocycles. The fourth-order valence-corrected chi connectivity index (χ4v) is 4.02. The van der Waals surface area contributed by atoms with Crippen LogP contribution in [0.1, 0.15) is 46.3 Å². The first kappa shape index (κ1) is 25.1. The van der Waals surface area contributed by atoms with E-state index in [2.05, 4.69) is 25.3 Å². The van der Waals surface area contributed by atoms with Crippen molar-refractivity contribution in [1.82, 2.24) is 29.8 Å². The Kier molecular flexibility index (Phi) is 6.97. The number of carbonyl (C=O) groups excluding carboxylic acids is 1. The highest BCUT2D eigenvalue weighted by atomic mass is 35.5. The minimum atomic E-state index is -2.87. The lowest BCUT2D eigenvalue weighted by Crippen LogP contribution is -2.41. The number of nitrogens with zero attached hydrogens (tertiary/aromatic N) is 5.